The maximum Gasteiger partial charge on any atom is 0.161 e. The molecule has 1 N–H and O–H groups in total. The Labute approximate surface area is 118 Å². The molecule has 20 heavy (non-hydrogen) atoms. The molecule has 0 atom stereocenters. The summed E-state index contributed by atoms with van der Waals surface area (Å²) in [5.41, 5.74) is 1.95. The van der Waals surface area contributed by atoms with Crippen LogP contribution in [0.5, 0.6) is 0 Å². The summed E-state index contributed by atoms with van der Waals surface area (Å²) >= 11 is 0. The summed E-state index contributed by atoms with van der Waals surface area (Å²) in [4.78, 5) is 9.17. The second-order valence-electron chi connectivity index (χ2n) is 5.24. The second-order valence-corrected chi connectivity index (χ2v) is 5.24. The van der Waals surface area contributed by atoms with Gasteiger partial charge in [-0.15, -0.1) is 0 Å². The van der Waals surface area contributed by atoms with E-state index in [1.807, 2.05) is 13.1 Å². The van der Waals surface area contributed by atoms with Crippen LogP contribution >= 0.6 is 0 Å². The number of hydrogen-bond acceptors (Lipinski definition) is 3. The topological polar surface area (TPSA) is 37.8 Å². The van der Waals surface area contributed by atoms with E-state index in [1.165, 1.54) is 37.8 Å². The van der Waals surface area contributed by atoms with Crippen LogP contribution < -0.4 is 5.32 Å². The van der Waals surface area contributed by atoms with E-state index in [9.17, 15) is 4.39 Å². The van der Waals surface area contributed by atoms with Crippen LogP contribution in [0.2, 0.25) is 0 Å². The quantitative estimate of drug-likeness (QED) is 0.917. The number of nitrogens with zero attached hydrogens (tertiary/aromatic N) is 2. The van der Waals surface area contributed by atoms with Crippen molar-refractivity contribution in [2.24, 2.45) is 0 Å². The monoisotopic (exact) mass is 271 g/mol. The molecule has 3 rings (SSSR count). The molecule has 0 radical (unpaired) electrons. The van der Waals surface area contributed by atoms with E-state index in [0.717, 1.165) is 17.1 Å². The van der Waals surface area contributed by atoms with E-state index in [1.54, 1.807) is 12.1 Å². The van der Waals surface area contributed by atoms with Crippen LogP contribution in [0.1, 0.15) is 37.3 Å². The lowest BCUT2D eigenvalue weighted by Crippen LogP contribution is -2.03. The first-order valence-electron chi connectivity index (χ1n) is 7.09. The Balaban J connectivity index is 2.01. The van der Waals surface area contributed by atoms with Crippen molar-refractivity contribution in [2.75, 3.05) is 12.4 Å². The molecule has 1 heterocycles. The third-order valence-corrected chi connectivity index (χ3v) is 3.88. The Bertz CT molecular complexity index is 589. The molecule has 1 saturated carbocycles. The lowest BCUT2D eigenvalue weighted by molar-refractivity contribution is 0.628. The fourth-order valence-corrected chi connectivity index (χ4v) is 2.75. The van der Waals surface area contributed by atoms with Gasteiger partial charge in [-0.2, -0.15) is 0 Å². The van der Waals surface area contributed by atoms with Crippen molar-refractivity contribution in [1.29, 1.82) is 0 Å². The zero-order valence-corrected chi connectivity index (χ0v) is 11.6. The lowest BCUT2D eigenvalue weighted by atomic mass is 10.0. The molecule has 0 amide bonds. The Hall–Kier alpha value is -1.97. The molecular formula is C16H18FN3. The van der Waals surface area contributed by atoms with Gasteiger partial charge >= 0.3 is 0 Å². The van der Waals surface area contributed by atoms with Crippen molar-refractivity contribution in [2.45, 2.75) is 31.6 Å². The van der Waals surface area contributed by atoms with Crippen molar-refractivity contribution in [3.63, 3.8) is 0 Å². The largest absolute Gasteiger partial charge is 0.373 e. The molecule has 0 unspecified atom stereocenters. The predicted octanol–water partition coefficient (Wildman–Crippen LogP) is 3.98. The van der Waals surface area contributed by atoms with E-state index in [2.05, 4.69) is 15.3 Å². The Morgan fingerprint density at radius 3 is 2.45 bits per heavy atom. The van der Waals surface area contributed by atoms with Gasteiger partial charge in [0, 0.05) is 30.3 Å². The first-order chi connectivity index (χ1) is 9.76. The highest BCUT2D eigenvalue weighted by Gasteiger charge is 2.20. The maximum atomic E-state index is 13.0. The highest BCUT2D eigenvalue weighted by atomic mass is 19.1. The van der Waals surface area contributed by atoms with Gasteiger partial charge in [0.2, 0.25) is 0 Å². The predicted molar refractivity (Wildman–Crippen MR) is 78.2 cm³/mol. The SMILES string of the molecule is CNc1cc(C2CCCC2)nc(-c2ccc(F)cc2)n1. The summed E-state index contributed by atoms with van der Waals surface area (Å²) in [5, 5.41) is 3.09. The van der Waals surface area contributed by atoms with Crippen molar-refractivity contribution in [3.8, 4) is 11.4 Å². The van der Waals surface area contributed by atoms with Gasteiger partial charge in [-0.1, -0.05) is 12.8 Å². The molecule has 2 aromatic rings. The van der Waals surface area contributed by atoms with Crippen LogP contribution in [0.3, 0.4) is 0 Å². The Morgan fingerprint density at radius 1 is 1.10 bits per heavy atom. The van der Waals surface area contributed by atoms with E-state index >= 15 is 0 Å². The lowest BCUT2D eigenvalue weighted by Gasteiger charge is -2.12. The van der Waals surface area contributed by atoms with Gasteiger partial charge in [-0.05, 0) is 37.1 Å². The first-order valence-corrected chi connectivity index (χ1v) is 7.09. The number of nitrogens with one attached hydrogen (secondary N) is 1. The Morgan fingerprint density at radius 2 is 1.80 bits per heavy atom. The fourth-order valence-electron chi connectivity index (χ4n) is 2.75. The van der Waals surface area contributed by atoms with Crippen LogP contribution in [-0.4, -0.2) is 17.0 Å². The summed E-state index contributed by atoms with van der Waals surface area (Å²) in [6, 6.07) is 8.37. The smallest absolute Gasteiger partial charge is 0.161 e. The maximum absolute atomic E-state index is 13.0. The minimum Gasteiger partial charge on any atom is -0.373 e. The molecule has 1 aliphatic carbocycles. The van der Waals surface area contributed by atoms with Gasteiger partial charge in [-0.3, -0.25) is 0 Å². The van der Waals surface area contributed by atoms with Gasteiger partial charge < -0.3 is 5.32 Å². The molecule has 1 aromatic carbocycles. The third kappa shape index (κ3) is 2.64. The molecule has 0 aliphatic heterocycles. The van der Waals surface area contributed by atoms with E-state index < -0.39 is 0 Å². The standard InChI is InChI=1S/C16H18FN3/c1-18-15-10-14(11-4-2-3-5-11)19-16(20-15)12-6-8-13(17)9-7-12/h6-11H,2-5H2,1H3,(H,18,19,20). The number of aromatic nitrogens is 2. The minimum absolute atomic E-state index is 0.241. The Kier molecular flexibility index (Phi) is 3.63. The molecule has 3 nitrogen and oxygen atoms in total. The van der Waals surface area contributed by atoms with Gasteiger partial charge in [0.1, 0.15) is 11.6 Å². The molecule has 1 aromatic heterocycles. The van der Waals surface area contributed by atoms with Gasteiger partial charge in [0.15, 0.2) is 5.82 Å². The molecule has 0 spiro atoms. The average molecular weight is 271 g/mol. The molecule has 1 fully saturated rings. The molecule has 104 valence electrons. The number of halogens is 1. The van der Waals surface area contributed by atoms with Crippen LogP contribution in [0.4, 0.5) is 10.2 Å². The van der Waals surface area contributed by atoms with Crippen molar-refractivity contribution >= 4 is 5.82 Å². The second kappa shape index (κ2) is 5.57. The first kappa shape index (κ1) is 13.0. The van der Waals surface area contributed by atoms with Gasteiger partial charge in [0.05, 0.1) is 0 Å². The minimum atomic E-state index is -0.241. The molecule has 0 saturated heterocycles. The van der Waals surface area contributed by atoms with Crippen LogP contribution in [0.15, 0.2) is 30.3 Å². The summed E-state index contributed by atoms with van der Waals surface area (Å²) in [7, 11) is 1.86. The van der Waals surface area contributed by atoms with Crippen molar-refractivity contribution in [1.82, 2.24) is 9.97 Å². The summed E-state index contributed by atoms with van der Waals surface area (Å²) in [6.45, 7) is 0. The highest BCUT2D eigenvalue weighted by Crippen LogP contribution is 2.34. The summed E-state index contributed by atoms with van der Waals surface area (Å²) in [5.74, 6) is 1.78. The van der Waals surface area contributed by atoms with Crippen LogP contribution in [-0.2, 0) is 0 Å². The van der Waals surface area contributed by atoms with Crippen molar-refractivity contribution < 1.29 is 4.39 Å². The zero-order chi connectivity index (χ0) is 13.9. The van der Waals surface area contributed by atoms with Crippen LogP contribution in [0, 0.1) is 5.82 Å². The van der Waals surface area contributed by atoms with E-state index in [4.69, 9.17) is 0 Å². The van der Waals surface area contributed by atoms with E-state index in [0.29, 0.717) is 11.7 Å². The summed E-state index contributed by atoms with van der Waals surface area (Å²) in [6.07, 6.45) is 4.94. The molecule has 4 heteroatoms. The van der Waals surface area contributed by atoms with Crippen molar-refractivity contribution in [3.05, 3.63) is 41.8 Å². The normalized spacial score (nSPS) is 15.5. The summed E-state index contributed by atoms with van der Waals surface area (Å²) < 4.78 is 13.0. The molecular weight excluding hydrogens is 253 g/mol. The van der Waals surface area contributed by atoms with Gasteiger partial charge in [0.25, 0.3) is 0 Å². The zero-order valence-electron chi connectivity index (χ0n) is 11.6. The number of anilines is 1. The molecule has 0 bridgehead atoms. The molecule has 1 aliphatic rings. The number of benzene rings is 1. The van der Waals surface area contributed by atoms with E-state index in [-0.39, 0.29) is 5.82 Å². The van der Waals surface area contributed by atoms with Crippen LogP contribution in [0.25, 0.3) is 11.4 Å². The number of hydrogen-bond donors (Lipinski definition) is 1. The average Bonchev–Trinajstić information content (AvgIpc) is 3.02. The fraction of sp³-hybridized carbons (Fsp3) is 0.375. The highest BCUT2D eigenvalue weighted by molar-refractivity contribution is 5.57. The number of rotatable bonds is 3. The van der Waals surface area contributed by atoms with Gasteiger partial charge in [-0.25, -0.2) is 14.4 Å². The third-order valence-electron chi connectivity index (χ3n) is 3.88.